The van der Waals surface area contributed by atoms with Gasteiger partial charge in [0, 0.05) is 23.6 Å². The van der Waals surface area contributed by atoms with Crippen molar-refractivity contribution in [1.29, 1.82) is 0 Å². The van der Waals surface area contributed by atoms with E-state index in [1.165, 1.54) is 5.69 Å². The Hall–Kier alpha value is -0.490. The number of nitrogens with two attached hydrogens (primary N) is 1. The number of carbonyl (C=O) groups excluding carboxylic acids is 1. The molecule has 4 nitrogen and oxygen atoms in total. The molecule has 23 heavy (non-hydrogen) atoms. The summed E-state index contributed by atoms with van der Waals surface area (Å²) in [5, 5.41) is 3.08. The molecule has 1 fully saturated rings. The second kappa shape index (κ2) is 9.11. The lowest BCUT2D eigenvalue weighted by Crippen LogP contribution is -2.51. The molecular weight excluding hydrogens is 401 g/mol. The zero-order valence-electron chi connectivity index (χ0n) is 13.7. The number of halogens is 3. The normalized spacial score (nSPS) is 18.7. The van der Waals surface area contributed by atoms with E-state index < -0.39 is 6.04 Å². The van der Waals surface area contributed by atoms with E-state index in [-0.39, 0.29) is 42.2 Å². The van der Waals surface area contributed by atoms with Crippen LogP contribution in [0, 0.1) is 5.41 Å². The van der Waals surface area contributed by atoms with Gasteiger partial charge in [0.2, 0.25) is 5.91 Å². The molecule has 0 aromatic heterocycles. The molecule has 1 amide bonds. The van der Waals surface area contributed by atoms with Crippen LogP contribution in [-0.4, -0.2) is 31.1 Å². The fourth-order valence-corrected chi connectivity index (χ4v) is 3.02. The smallest absolute Gasteiger partial charge is 0.237 e. The van der Waals surface area contributed by atoms with Gasteiger partial charge < -0.3 is 16.0 Å². The molecule has 2 atom stereocenters. The van der Waals surface area contributed by atoms with Crippen molar-refractivity contribution in [1.82, 2.24) is 5.32 Å². The average molecular weight is 427 g/mol. The zero-order valence-corrected chi connectivity index (χ0v) is 16.9. The second-order valence-corrected chi connectivity index (χ2v) is 7.59. The number of carbonyl (C=O) groups is 1. The van der Waals surface area contributed by atoms with Crippen molar-refractivity contribution < 1.29 is 4.79 Å². The van der Waals surface area contributed by atoms with Gasteiger partial charge in [-0.3, -0.25) is 4.79 Å². The molecule has 0 aliphatic carbocycles. The van der Waals surface area contributed by atoms with E-state index in [1.807, 2.05) is 39.0 Å². The number of nitrogens with one attached hydrogen (secondary N) is 1. The molecule has 1 unspecified atom stereocenters. The van der Waals surface area contributed by atoms with Crippen molar-refractivity contribution in [3.63, 3.8) is 0 Å². The summed E-state index contributed by atoms with van der Waals surface area (Å²) >= 11 is 3.58. The minimum atomic E-state index is -0.477. The van der Waals surface area contributed by atoms with E-state index in [1.54, 1.807) is 0 Å². The Kier molecular flexibility index (Phi) is 8.92. The van der Waals surface area contributed by atoms with Gasteiger partial charge in [-0.1, -0.05) is 32.9 Å². The van der Waals surface area contributed by atoms with Crippen LogP contribution in [0.2, 0.25) is 0 Å². The van der Waals surface area contributed by atoms with Gasteiger partial charge in [0.15, 0.2) is 0 Å². The highest BCUT2D eigenvalue weighted by Crippen LogP contribution is 2.28. The Morgan fingerprint density at radius 2 is 1.96 bits per heavy atom. The summed E-state index contributed by atoms with van der Waals surface area (Å²) in [5.74, 6) is -0.0542. The van der Waals surface area contributed by atoms with Crippen molar-refractivity contribution in [2.24, 2.45) is 11.1 Å². The van der Waals surface area contributed by atoms with Gasteiger partial charge >= 0.3 is 0 Å². The van der Waals surface area contributed by atoms with Crippen LogP contribution in [0.25, 0.3) is 0 Å². The fourth-order valence-electron chi connectivity index (χ4n) is 2.49. The van der Waals surface area contributed by atoms with Crippen LogP contribution in [0.4, 0.5) is 5.69 Å². The van der Waals surface area contributed by atoms with Crippen molar-refractivity contribution in [2.45, 2.75) is 39.3 Å². The van der Waals surface area contributed by atoms with Gasteiger partial charge in [-0.15, -0.1) is 24.8 Å². The zero-order chi connectivity index (χ0) is 15.6. The molecule has 7 heteroatoms. The molecule has 0 radical (unpaired) electrons. The molecule has 3 N–H and O–H groups in total. The number of hydrogen-bond acceptors (Lipinski definition) is 3. The SMILES string of the molecule is CC(C)(C)[C@H](N)C(=O)NC1CCN(c2ccccc2Br)C1.Cl.Cl. The number of rotatable bonds is 3. The van der Waals surface area contributed by atoms with Crippen molar-refractivity contribution >= 4 is 52.3 Å². The van der Waals surface area contributed by atoms with Crippen LogP contribution in [0.1, 0.15) is 27.2 Å². The Morgan fingerprint density at radius 3 is 2.52 bits per heavy atom. The first-order valence-corrected chi connectivity index (χ1v) is 8.14. The Bertz CT molecular complexity index is 522. The van der Waals surface area contributed by atoms with Crippen LogP contribution in [0.15, 0.2) is 28.7 Å². The molecule has 132 valence electrons. The summed E-state index contributed by atoms with van der Waals surface area (Å²) in [7, 11) is 0. The summed E-state index contributed by atoms with van der Waals surface area (Å²) in [4.78, 5) is 14.5. The third kappa shape index (κ3) is 5.82. The van der Waals surface area contributed by atoms with Crippen LogP contribution in [-0.2, 0) is 4.79 Å². The van der Waals surface area contributed by atoms with Crippen molar-refractivity contribution in [2.75, 3.05) is 18.0 Å². The van der Waals surface area contributed by atoms with Crippen molar-refractivity contribution in [3.8, 4) is 0 Å². The highest BCUT2D eigenvalue weighted by molar-refractivity contribution is 9.10. The van der Waals surface area contributed by atoms with E-state index >= 15 is 0 Å². The molecule has 1 aliphatic heterocycles. The number of benzene rings is 1. The number of nitrogens with zero attached hydrogens (tertiary/aromatic N) is 1. The lowest BCUT2D eigenvalue weighted by Gasteiger charge is -2.27. The predicted octanol–water partition coefficient (Wildman–Crippen LogP) is 3.36. The summed E-state index contributed by atoms with van der Waals surface area (Å²) in [6, 6.07) is 7.85. The first kappa shape index (κ1) is 22.5. The standard InChI is InChI=1S/C16H24BrN3O.2ClH/c1-16(2,3)14(18)15(21)19-11-8-9-20(10-11)13-7-5-4-6-12(13)17;;/h4-7,11,14H,8-10,18H2,1-3H3,(H,19,21);2*1H/t11?,14-;;/m1../s1. The Balaban J connectivity index is 0.00000242. The van der Waals surface area contributed by atoms with Gasteiger partial charge in [-0.2, -0.15) is 0 Å². The minimum Gasteiger partial charge on any atom is -0.368 e. The first-order valence-electron chi connectivity index (χ1n) is 7.34. The molecule has 0 spiro atoms. The third-order valence-corrected chi connectivity index (χ3v) is 4.61. The first-order chi connectivity index (χ1) is 9.79. The largest absolute Gasteiger partial charge is 0.368 e. The van der Waals surface area contributed by atoms with Crippen LogP contribution in [0.3, 0.4) is 0 Å². The number of para-hydroxylation sites is 1. The van der Waals surface area contributed by atoms with Gasteiger partial charge in [0.05, 0.1) is 11.7 Å². The maximum atomic E-state index is 12.2. The topological polar surface area (TPSA) is 58.4 Å². The summed E-state index contributed by atoms with van der Waals surface area (Å²) in [6.45, 7) is 7.72. The predicted molar refractivity (Wildman–Crippen MR) is 105 cm³/mol. The molecule has 2 rings (SSSR count). The maximum absolute atomic E-state index is 12.2. The molecule has 1 aliphatic rings. The van der Waals surface area contributed by atoms with E-state index in [0.29, 0.717) is 0 Å². The molecule has 1 aromatic rings. The fraction of sp³-hybridized carbons (Fsp3) is 0.562. The second-order valence-electron chi connectivity index (χ2n) is 6.74. The summed E-state index contributed by atoms with van der Waals surface area (Å²) in [6.07, 6.45) is 0.948. The van der Waals surface area contributed by atoms with Gasteiger partial charge in [-0.25, -0.2) is 0 Å². The van der Waals surface area contributed by atoms with E-state index in [2.05, 4.69) is 32.2 Å². The Labute approximate surface area is 159 Å². The van der Waals surface area contributed by atoms with Crippen LogP contribution >= 0.6 is 40.7 Å². The van der Waals surface area contributed by atoms with Crippen LogP contribution in [0.5, 0.6) is 0 Å². The van der Waals surface area contributed by atoms with Crippen LogP contribution < -0.4 is 16.0 Å². The third-order valence-electron chi connectivity index (χ3n) is 3.94. The Morgan fingerprint density at radius 1 is 1.35 bits per heavy atom. The molecule has 1 aromatic carbocycles. The van der Waals surface area contributed by atoms with Gasteiger partial charge in [0.25, 0.3) is 0 Å². The molecular formula is C16H26BrCl2N3O. The lowest BCUT2D eigenvalue weighted by molar-refractivity contribution is -0.125. The number of anilines is 1. The van der Waals surface area contributed by atoms with Crippen molar-refractivity contribution in [3.05, 3.63) is 28.7 Å². The molecule has 1 saturated heterocycles. The highest BCUT2D eigenvalue weighted by Gasteiger charge is 2.31. The van der Waals surface area contributed by atoms with E-state index in [0.717, 1.165) is 24.0 Å². The molecule has 1 heterocycles. The van der Waals surface area contributed by atoms with Gasteiger partial charge in [-0.05, 0) is 39.9 Å². The molecule has 0 bridgehead atoms. The lowest BCUT2D eigenvalue weighted by atomic mass is 9.87. The minimum absolute atomic E-state index is 0. The summed E-state index contributed by atoms with van der Waals surface area (Å²) < 4.78 is 1.09. The quantitative estimate of drug-likeness (QED) is 0.778. The van der Waals surface area contributed by atoms with E-state index in [4.69, 9.17) is 5.73 Å². The van der Waals surface area contributed by atoms with E-state index in [9.17, 15) is 4.79 Å². The summed E-state index contributed by atoms with van der Waals surface area (Å²) in [5.41, 5.74) is 6.97. The number of hydrogen-bond donors (Lipinski definition) is 2. The maximum Gasteiger partial charge on any atom is 0.237 e. The van der Waals surface area contributed by atoms with Gasteiger partial charge in [0.1, 0.15) is 0 Å². The number of amides is 1. The monoisotopic (exact) mass is 425 g/mol. The highest BCUT2D eigenvalue weighted by atomic mass is 79.9. The average Bonchev–Trinajstić information content (AvgIpc) is 2.85. The molecule has 0 saturated carbocycles.